The van der Waals surface area contributed by atoms with Crippen molar-refractivity contribution in [2.24, 2.45) is 0 Å². The summed E-state index contributed by atoms with van der Waals surface area (Å²) in [5, 5.41) is 6.94. The zero-order valence-electron chi connectivity index (χ0n) is 12.3. The number of thiophene rings is 1. The van der Waals surface area contributed by atoms with E-state index in [4.69, 9.17) is 4.52 Å². The molecule has 0 fully saturated rings. The molecule has 7 heteroatoms. The number of nitrogens with zero attached hydrogens (tertiary/aromatic N) is 1. The van der Waals surface area contributed by atoms with Crippen LogP contribution in [0.25, 0.3) is 10.6 Å². The zero-order valence-corrected chi connectivity index (χ0v) is 16.3. The predicted molar refractivity (Wildman–Crippen MR) is 99.1 cm³/mol. The molecule has 23 heavy (non-hydrogen) atoms. The molecule has 1 amide bonds. The smallest absolute Gasteiger partial charge is 0.261 e. The molecule has 0 saturated carbocycles. The third kappa shape index (κ3) is 3.41. The number of carbonyl (C=O) groups is 1. The maximum absolute atomic E-state index is 12.7. The van der Waals surface area contributed by atoms with Gasteiger partial charge in [0.1, 0.15) is 17.0 Å². The number of rotatable bonds is 3. The summed E-state index contributed by atoms with van der Waals surface area (Å²) in [5.41, 5.74) is 2.80. The molecule has 0 bridgehead atoms. The van der Waals surface area contributed by atoms with E-state index in [1.54, 1.807) is 6.92 Å². The number of anilines is 1. The fourth-order valence-electron chi connectivity index (χ4n) is 2.17. The van der Waals surface area contributed by atoms with Gasteiger partial charge in [-0.15, -0.1) is 11.3 Å². The Morgan fingerprint density at radius 3 is 2.65 bits per heavy atom. The van der Waals surface area contributed by atoms with Crippen LogP contribution in [0.5, 0.6) is 0 Å². The molecule has 1 aromatic carbocycles. The number of carbonyl (C=O) groups excluding carboxylic acids is 1. The van der Waals surface area contributed by atoms with Gasteiger partial charge in [0.05, 0.1) is 8.66 Å². The first kappa shape index (κ1) is 16.4. The van der Waals surface area contributed by atoms with Gasteiger partial charge in [-0.3, -0.25) is 4.79 Å². The van der Waals surface area contributed by atoms with Crippen LogP contribution in [0.2, 0.25) is 0 Å². The van der Waals surface area contributed by atoms with Crippen molar-refractivity contribution >= 4 is 54.8 Å². The Morgan fingerprint density at radius 2 is 2.00 bits per heavy atom. The maximum atomic E-state index is 12.7. The molecule has 0 aliphatic heterocycles. The number of amides is 1. The number of halogens is 2. The van der Waals surface area contributed by atoms with Gasteiger partial charge in [-0.25, -0.2) is 0 Å². The van der Waals surface area contributed by atoms with Gasteiger partial charge >= 0.3 is 0 Å². The highest BCUT2D eigenvalue weighted by molar-refractivity contribution is 9.11. The first-order valence-electron chi connectivity index (χ1n) is 6.75. The van der Waals surface area contributed by atoms with Gasteiger partial charge in [0.2, 0.25) is 0 Å². The van der Waals surface area contributed by atoms with Crippen LogP contribution in [0.1, 0.15) is 21.7 Å². The van der Waals surface area contributed by atoms with E-state index in [1.807, 2.05) is 37.3 Å². The highest BCUT2D eigenvalue weighted by Gasteiger charge is 2.22. The van der Waals surface area contributed by atoms with Gasteiger partial charge in [-0.05, 0) is 65.7 Å². The molecule has 0 spiro atoms. The molecular formula is C16H12Br2N2O2S. The normalized spacial score (nSPS) is 10.8. The summed E-state index contributed by atoms with van der Waals surface area (Å²) in [5.74, 6) is 0.265. The summed E-state index contributed by atoms with van der Waals surface area (Å²) in [4.78, 5) is 13.5. The van der Waals surface area contributed by atoms with Crippen LogP contribution in [-0.2, 0) is 0 Å². The number of aromatic nitrogens is 1. The minimum Gasteiger partial charge on any atom is -0.360 e. The summed E-state index contributed by atoms with van der Waals surface area (Å²) in [6.45, 7) is 3.71. The second kappa shape index (κ2) is 6.59. The minimum absolute atomic E-state index is 0.231. The van der Waals surface area contributed by atoms with Crippen LogP contribution in [0.15, 0.2) is 43.1 Å². The Balaban J connectivity index is 1.93. The second-order valence-corrected chi connectivity index (χ2v) is 8.30. The van der Waals surface area contributed by atoms with E-state index in [9.17, 15) is 4.79 Å². The first-order valence-corrected chi connectivity index (χ1v) is 9.15. The van der Waals surface area contributed by atoms with E-state index in [2.05, 4.69) is 42.3 Å². The Hall–Kier alpha value is -1.44. The lowest BCUT2D eigenvalue weighted by Crippen LogP contribution is -2.13. The van der Waals surface area contributed by atoms with Gasteiger partial charge in [0.25, 0.3) is 5.91 Å². The van der Waals surface area contributed by atoms with Crippen LogP contribution in [0, 0.1) is 13.8 Å². The summed E-state index contributed by atoms with van der Waals surface area (Å²) in [6.07, 6.45) is 0. The largest absolute Gasteiger partial charge is 0.360 e. The van der Waals surface area contributed by atoms with Crippen molar-refractivity contribution in [1.29, 1.82) is 0 Å². The third-order valence-electron chi connectivity index (χ3n) is 3.31. The maximum Gasteiger partial charge on any atom is 0.261 e. The lowest BCUT2D eigenvalue weighted by atomic mass is 10.1. The molecule has 118 valence electrons. The molecule has 2 aromatic heterocycles. The number of nitrogens with one attached hydrogen (secondary N) is 1. The van der Waals surface area contributed by atoms with Crippen LogP contribution in [0.3, 0.4) is 0 Å². The van der Waals surface area contributed by atoms with Crippen molar-refractivity contribution in [3.63, 3.8) is 0 Å². The number of hydrogen-bond acceptors (Lipinski definition) is 4. The van der Waals surface area contributed by atoms with E-state index < -0.39 is 0 Å². The van der Waals surface area contributed by atoms with E-state index in [-0.39, 0.29) is 5.91 Å². The molecule has 4 nitrogen and oxygen atoms in total. The fraction of sp³-hybridized carbons (Fsp3) is 0.125. The zero-order chi connectivity index (χ0) is 16.6. The summed E-state index contributed by atoms with van der Waals surface area (Å²) in [7, 11) is 0. The van der Waals surface area contributed by atoms with Crippen molar-refractivity contribution in [2.75, 3.05) is 5.32 Å². The molecule has 0 unspecified atom stereocenters. The van der Waals surface area contributed by atoms with Crippen molar-refractivity contribution in [3.05, 3.63) is 55.5 Å². The topological polar surface area (TPSA) is 55.1 Å². The molecule has 1 N–H and O–H groups in total. The Kier molecular flexibility index (Phi) is 4.70. The first-order chi connectivity index (χ1) is 11.0. The molecule has 0 aliphatic carbocycles. The second-order valence-electron chi connectivity index (χ2n) is 4.98. The van der Waals surface area contributed by atoms with Crippen molar-refractivity contribution in [3.8, 4) is 10.6 Å². The average Bonchev–Trinajstić information content (AvgIpc) is 3.08. The van der Waals surface area contributed by atoms with Gasteiger partial charge in [0, 0.05) is 10.2 Å². The lowest BCUT2D eigenvalue weighted by Gasteiger charge is -2.07. The van der Waals surface area contributed by atoms with Crippen molar-refractivity contribution < 1.29 is 9.32 Å². The molecule has 2 heterocycles. The van der Waals surface area contributed by atoms with Gasteiger partial charge in [-0.1, -0.05) is 21.1 Å². The molecule has 3 aromatic rings. The fourth-order valence-corrected chi connectivity index (χ4v) is 3.79. The van der Waals surface area contributed by atoms with E-state index in [1.165, 1.54) is 11.3 Å². The molecule has 0 radical (unpaired) electrons. The number of benzene rings is 1. The van der Waals surface area contributed by atoms with Gasteiger partial charge in [0.15, 0.2) is 0 Å². The van der Waals surface area contributed by atoms with Crippen LogP contribution in [-0.4, -0.2) is 11.1 Å². The van der Waals surface area contributed by atoms with E-state index in [0.29, 0.717) is 17.0 Å². The average molecular weight is 456 g/mol. The highest BCUT2D eigenvalue weighted by atomic mass is 79.9. The van der Waals surface area contributed by atoms with Crippen molar-refractivity contribution in [2.45, 2.75) is 13.8 Å². The summed E-state index contributed by atoms with van der Waals surface area (Å²) in [6, 6.07) is 9.49. The molecular weight excluding hydrogens is 444 g/mol. The van der Waals surface area contributed by atoms with Crippen LogP contribution < -0.4 is 5.32 Å². The molecule has 0 saturated heterocycles. The third-order valence-corrected chi connectivity index (χ3v) is 5.83. The van der Waals surface area contributed by atoms with Gasteiger partial charge in [-0.2, -0.15) is 0 Å². The van der Waals surface area contributed by atoms with E-state index in [0.717, 1.165) is 24.4 Å². The van der Waals surface area contributed by atoms with Gasteiger partial charge < -0.3 is 9.84 Å². The summed E-state index contributed by atoms with van der Waals surface area (Å²) < 4.78 is 7.21. The SMILES string of the molecule is Cc1cc(NC(=O)c2c(-c3ccc(Br)s3)noc2C)ccc1Br. The Labute approximate surface area is 154 Å². The number of aryl methyl sites for hydroxylation is 2. The highest BCUT2D eigenvalue weighted by Crippen LogP contribution is 2.34. The van der Waals surface area contributed by atoms with E-state index >= 15 is 0 Å². The Morgan fingerprint density at radius 1 is 1.22 bits per heavy atom. The predicted octanol–water partition coefficient (Wildman–Crippen LogP) is 5.80. The standard InChI is InChI=1S/C16H12Br2N2O2S/c1-8-7-10(3-4-11(8)17)19-16(21)14-9(2)22-20-15(14)12-5-6-13(18)23-12/h3-7H,1-2H3,(H,19,21). The van der Waals surface area contributed by atoms with Crippen LogP contribution >= 0.6 is 43.2 Å². The monoisotopic (exact) mass is 454 g/mol. The van der Waals surface area contributed by atoms with Crippen molar-refractivity contribution in [1.82, 2.24) is 5.16 Å². The lowest BCUT2D eigenvalue weighted by molar-refractivity contribution is 0.102. The quantitative estimate of drug-likeness (QED) is 0.543. The van der Waals surface area contributed by atoms with Crippen LogP contribution in [0.4, 0.5) is 5.69 Å². The summed E-state index contributed by atoms with van der Waals surface area (Å²) >= 11 is 8.38. The molecule has 0 aliphatic rings. The molecule has 0 atom stereocenters. The Bertz CT molecular complexity index is 886. The number of hydrogen-bond donors (Lipinski definition) is 1. The molecule has 3 rings (SSSR count). The minimum atomic E-state index is -0.231.